The molecule has 0 bridgehead atoms. The zero-order valence-electron chi connectivity index (χ0n) is 12.9. The van der Waals surface area contributed by atoms with E-state index >= 15 is 0 Å². The molecule has 1 unspecified atom stereocenters. The van der Waals surface area contributed by atoms with E-state index in [9.17, 15) is 0 Å². The lowest BCUT2D eigenvalue weighted by Gasteiger charge is -2.26. The number of nitrogens with two attached hydrogens (primary N) is 1. The number of nitrogen functional groups attached to an aromatic ring is 1. The topological polar surface area (TPSA) is 67.1 Å². The summed E-state index contributed by atoms with van der Waals surface area (Å²) in [6, 6.07) is 11.0. The minimum Gasteiger partial charge on any atom is -0.368 e. The third-order valence-electron chi connectivity index (χ3n) is 4.46. The lowest BCUT2D eigenvalue weighted by atomic mass is 10.0. The standard InChI is InChI=1S/C17H20ClN5/c18-12-5-3-11(4-6-12)14-2-1-9-23(14)16-10-15(20-13-7-8-13)21-17(19)22-16/h3-6,10,13-14H,1-2,7-9H2,(H3,19,20,21,22). The number of hydrogen-bond acceptors (Lipinski definition) is 5. The molecule has 23 heavy (non-hydrogen) atoms. The summed E-state index contributed by atoms with van der Waals surface area (Å²) in [6.45, 7) is 0.979. The molecule has 1 aromatic carbocycles. The van der Waals surface area contributed by atoms with Crippen LogP contribution in [0.1, 0.15) is 37.3 Å². The van der Waals surface area contributed by atoms with Crippen molar-refractivity contribution in [3.8, 4) is 0 Å². The van der Waals surface area contributed by atoms with Crippen molar-refractivity contribution in [2.45, 2.75) is 37.8 Å². The van der Waals surface area contributed by atoms with E-state index < -0.39 is 0 Å². The maximum atomic E-state index is 6.01. The number of nitrogens with zero attached hydrogens (tertiary/aromatic N) is 3. The Bertz CT molecular complexity index is 699. The first-order chi connectivity index (χ1) is 11.2. The van der Waals surface area contributed by atoms with Gasteiger partial charge in [-0.3, -0.25) is 0 Å². The smallest absolute Gasteiger partial charge is 0.223 e. The molecule has 0 spiro atoms. The van der Waals surface area contributed by atoms with Gasteiger partial charge in [-0.25, -0.2) is 0 Å². The molecule has 5 nitrogen and oxygen atoms in total. The molecule has 6 heteroatoms. The van der Waals surface area contributed by atoms with E-state index in [4.69, 9.17) is 17.3 Å². The van der Waals surface area contributed by atoms with Crippen LogP contribution in [0, 0.1) is 0 Å². The maximum Gasteiger partial charge on any atom is 0.223 e. The monoisotopic (exact) mass is 329 g/mol. The molecule has 1 aliphatic heterocycles. The molecule has 120 valence electrons. The van der Waals surface area contributed by atoms with Crippen molar-refractivity contribution in [2.24, 2.45) is 0 Å². The number of aromatic nitrogens is 2. The number of hydrogen-bond donors (Lipinski definition) is 2. The van der Waals surface area contributed by atoms with Crippen LogP contribution < -0.4 is 16.0 Å². The van der Waals surface area contributed by atoms with Crippen LogP contribution in [0.15, 0.2) is 30.3 Å². The van der Waals surface area contributed by atoms with Crippen LogP contribution in [0.25, 0.3) is 0 Å². The van der Waals surface area contributed by atoms with Crippen LogP contribution in [0.3, 0.4) is 0 Å². The molecule has 1 aromatic heterocycles. The molecule has 3 N–H and O–H groups in total. The zero-order chi connectivity index (χ0) is 15.8. The Balaban J connectivity index is 1.62. The van der Waals surface area contributed by atoms with Gasteiger partial charge < -0.3 is 16.0 Å². The summed E-state index contributed by atoms with van der Waals surface area (Å²) in [5.74, 6) is 2.06. The summed E-state index contributed by atoms with van der Waals surface area (Å²) in [4.78, 5) is 11.1. The first-order valence-electron chi connectivity index (χ1n) is 8.12. The lowest BCUT2D eigenvalue weighted by Crippen LogP contribution is -2.24. The molecule has 2 fully saturated rings. The summed E-state index contributed by atoms with van der Waals surface area (Å²) >= 11 is 6.01. The van der Waals surface area contributed by atoms with Gasteiger partial charge in [0.1, 0.15) is 11.6 Å². The third-order valence-corrected chi connectivity index (χ3v) is 4.71. The molecular formula is C17H20ClN5. The van der Waals surface area contributed by atoms with E-state index in [0.29, 0.717) is 18.0 Å². The fourth-order valence-electron chi connectivity index (χ4n) is 3.18. The molecule has 2 heterocycles. The molecule has 0 amide bonds. The van der Waals surface area contributed by atoms with Crippen LogP contribution in [-0.4, -0.2) is 22.6 Å². The van der Waals surface area contributed by atoms with Crippen LogP contribution in [0.5, 0.6) is 0 Å². The minimum absolute atomic E-state index is 0.315. The van der Waals surface area contributed by atoms with Gasteiger partial charge in [0.05, 0.1) is 6.04 Å². The fraction of sp³-hybridized carbons (Fsp3) is 0.412. The van der Waals surface area contributed by atoms with E-state index in [1.54, 1.807) is 0 Å². The predicted molar refractivity (Wildman–Crippen MR) is 93.9 cm³/mol. The van der Waals surface area contributed by atoms with Crippen molar-refractivity contribution in [1.29, 1.82) is 0 Å². The SMILES string of the molecule is Nc1nc(NC2CC2)cc(N2CCCC2c2ccc(Cl)cc2)n1. The summed E-state index contributed by atoms with van der Waals surface area (Å²) in [6.07, 6.45) is 4.66. The summed E-state index contributed by atoms with van der Waals surface area (Å²) in [5.41, 5.74) is 7.19. The number of rotatable bonds is 4. The molecule has 1 aliphatic carbocycles. The van der Waals surface area contributed by atoms with Crippen molar-refractivity contribution in [3.05, 3.63) is 40.9 Å². The highest BCUT2D eigenvalue weighted by atomic mass is 35.5. The summed E-state index contributed by atoms with van der Waals surface area (Å²) < 4.78 is 0. The Morgan fingerprint density at radius 2 is 1.91 bits per heavy atom. The van der Waals surface area contributed by atoms with Gasteiger partial charge in [0.15, 0.2) is 0 Å². The zero-order valence-corrected chi connectivity index (χ0v) is 13.6. The Hall–Kier alpha value is -2.01. The van der Waals surface area contributed by atoms with E-state index in [2.05, 4.69) is 32.3 Å². The van der Waals surface area contributed by atoms with Gasteiger partial charge in [0.2, 0.25) is 5.95 Å². The van der Waals surface area contributed by atoms with Gasteiger partial charge in [-0.1, -0.05) is 23.7 Å². The van der Waals surface area contributed by atoms with E-state index in [1.807, 2.05) is 18.2 Å². The second-order valence-electron chi connectivity index (χ2n) is 6.29. The van der Waals surface area contributed by atoms with Gasteiger partial charge in [0.25, 0.3) is 0 Å². The maximum absolute atomic E-state index is 6.01. The van der Waals surface area contributed by atoms with E-state index in [0.717, 1.165) is 36.0 Å². The van der Waals surface area contributed by atoms with Gasteiger partial charge >= 0.3 is 0 Å². The number of benzene rings is 1. The van der Waals surface area contributed by atoms with Gasteiger partial charge in [0, 0.05) is 23.7 Å². The molecular weight excluding hydrogens is 310 g/mol. The third kappa shape index (κ3) is 3.20. The fourth-order valence-corrected chi connectivity index (χ4v) is 3.31. The minimum atomic E-state index is 0.315. The van der Waals surface area contributed by atoms with Crippen LogP contribution in [0.2, 0.25) is 5.02 Å². The number of anilines is 3. The summed E-state index contributed by atoms with van der Waals surface area (Å²) in [5, 5.41) is 4.17. The second-order valence-corrected chi connectivity index (χ2v) is 6.73. The van der Waals surface area contributed by atoms with E-state index in [1.165, 1.54) is 18.4 Å². The molecule has 0 radical (unpaired) electrons. The molecule has 1 saturated heterocycles. The first-order valence-corrected chi connectivity index (χ1v) is 8.50. The number of halogens is 1. The molecule has 2 aromatic rings. The average Bonchev–Trinajstić information content (AvgIpc) is 3.20. The van der Waals surface area contributed by atoms with Crippen LogP contribution in [0.4, 0.5) is 17.6 Å². The Morgan fingerprint density at radius 1 is 1.13 bits per heavy atom. The highest BCUT2D eigenvalue weighted by molar-refractivity contribution is 6.30. The Labute approximate surface area is 140 Å². The predicted octanol–water partition coefficient (Wildman–Crippen LogP) is 3.63. The second kappa shape index (κ2) is 5.89. The summed E-state index contributed by atoms with van der Waals surface area (Å²) in [7, 11) is 0. The molecule has 2 aliphatic rings. The van der Waals surface area contributed by atoms with Crippen molar-refractivity contribution in [1.82, 2.24) is 9.97 Å². The van der Waals surface area contributed by atoms with Gasteiger partial charge in [-0.2, -0.15) is 9.97 Å². The van der Waals surface area contributed by atoms with Crippen molar-refractivity contribution < 1.29 is 0 Å². The number of nitrogens with one attached hydrogen (secondary N) is 1. The van der Waals surface area contributed by atoms with Crippen molar-refractivity contribution in [2.75, 3.05) is 22.5 Å². The first kappa shape index (κ1) is 14.6. The van der Waals surface area contributed by atoms with E-state index in [-0.39, 0.29) is 0 Å². The van der Waals surface area contributed by atoms with Crippen LogP contribution >= 0.6 is 11.6 Å². The Kier molecular flexibility index (Phi) is 3.73. The van der Waals surface area contributed by atoms with Gasteiger partial charge in [-0.05, 0) is 43.4 Å². The van der Waals surface area contributed by atoms with Gasteiger partial charge in [-0.15, -0.1) is 0 Å². The normalized spacial score (nSPS) is 20.7. The Morgan fingerprint density at radius 3 is 2.65 bits per heavy atom. The van der Waals surface area contributed by atoms with Crippen LogP contribution in [-0.2, 0) is 0 Å². The highest BCUT2D eigenvalue weighted by Crippen LogP contribution is 2.36. The quantitative estimate of drug-likeness (QED) is 0.896. The highest BCUT2D eigenvalue weighted by Gasteiger charge is 2.28. The van der Waals surface area contributed by atoms with Crippen molar-refractivity contribution in [3.63, 3.8) is 0 Å². The average molecular weight is 330 g/mol. The lowest BCUT2D eigenvalue weighted by molar-refractivity contribution is 0.711. The molecule has 1 saturated carbocycles. The molecule has 1 atom stereocenters. The largest absolute Gasteiger partial charge is 0.368 e. The van der Waals surface area contributed by atoms with Crippen molar-refractivity contribution >= 4 is 29.2 Å². The molecule has 4 rings (SSSR count).